The quantitative estimate of drug-likeness (QED) is 0.368. The molecule has 0 spiro atoms. The van der Waals surface area contributed by atoms with Gasteiger partial charge in [0.2, 0.25) is 0 Å². The van der Waals surface area contributed by atoms with E-state index in [-0.39, 0.29) is 70.3 Å². The largest absolute Gasteiger partial charge is 0.496 e. The fourth-order valence-electron chi connectivity index (χ4n) is 4.88. The number of methoxy groups -OCH3 is 1. The van der Waals surface area contributed by atoms with Gasteiger partial charge in [-0.15, -0.1) is 0 Å². The number of carboxylic acid groups (broad SMARTS) is 1. The van der Waals surface area contributed by atoms with Gasteiger partial charge in [0.05, 0.1) is 36.8 Å². The highest BCUT2D eigenvalue weighted by Crippen LogP contribution is 2.52. The molecule has 1 saturated heterocycles. The minimum Gasteiger partial charge on any atom is -0.496 e. The number of aryl methyl sites for hydroxylation is 1. The van der Waals surface area contributed by atoms with Crippen molar-refractivity contribution in [2.24, 2.45) is 6.98 Å². The summed E-state index contributed by atoms with van der Waals surface area (Å²) in [4.78, 5) is 26.2. The third-order valence-corrected chi connectivity index (χ3v) is 7.23. The Morgan fingerprint density at radius 2 is 2.29 bits per heavy atom. The van der Waals surface area contributed by atoms with Gasteiger partial charge < -0.3 is 24.2 Å². The van der Waals surface area contributed by atoms with E-state index in [0.29, 0.717) is 12.2 Å². The Balaban J connectivity index is 1.65. The summed E-state index contributed by atoms with van der Waals surface area (Å²) in [7, 11) is 1.34. The maximum absolute atomic E-state index is 12.6. The summed E-state index contributed by atoms with van der Waals surface area (Å²) in [5, 5.41) is 22.1. The fraction of sp³-hybridized carbons (Fsp3) is 0.308. The molecule has 5 heterocycles. The number of ether oxygens (including phenoxy) is 3. The minimum absolute atomic E-state index is 0.0458. The van der Waals surface area contributed by atoms with E-state index in [1.54, 1.807) is 16.8 Å². The molecule has 1 N–H and O–H groups in total. The summed E-state index contributed by atoms with van der Waals surface area (Å²) in [6.07, 6.45) is 1.14. The Hall–Kier alpha value is -4.32. The number of aromatic nitrogens is 4. The van der Waals surface area contributed by atoms with Gasteiger partial charge in [-0.05, 0) is 23.9 Å². The van der Waals surface area contributed by atoms with Crippen molar-refractivity contribution < 1.29 is 37.1 Å². The zero-order valence-corrected chi connectivity index (χ0v) is 20.8. The summed E-state index contributed by atoms with van der Waals surface area (Å²) in [5.41, 5.74) is 0.492. The highest BCUT2D eigenvalue weighted by molar-refractivity contribution is 7.08. The molecule has 1 aromatic carbocycles. The zero-order valence-electron chi connectivity index (χ0n) is 26.0. The third-order valence-electron chi connectivity index (χ3n) is 6.56. The first-order valence-corrected chi connectivity index (χ1v) is 12.5. The third kappa shape index (κ3) is 3.79. The molecule has 11 nitrogen and oxygen atoms in total. The molecule has 0 aliphatic carbocycles. The van der Waals surface area contributed by atoms with Crippen molar-refractivity contribution in [1.82, 2.24) is 24.5 Å². The molecule has 38 heavy (non-hydrogen) atoms. The molecule has 2 aliphatic rings. The van der Waals surface area contributed by atoms with Gasteiger partial charge in [-0.25, -0.2) is 14.3 Å². The molecular weight excluding hydrogens is 510 g/mol. The average molecular weight is 542 g/mol. The Morgan fingerprint density at radius 1 is 1.39 bits per heavy atom. The fourth-order valence-corrected chi connectivity index (χ4v) is 5.49. The van der Waals surface area contributed by atoms with Crippen LogP contribution in [0.15, 0.2) is 35.3 Å². The number of nitrogens with zero attached hydrogens (tertiary/aromatic N) is 5. The van der Waals surface area contributed by atoms with Gasteiger partial charge in [0.25, 0.3) is 0 Å². The maximum atomic E-state index is 12.6. The van der Waals surface area contributed by atoms with E-state index in [1.165, 1.54) is 46.5 Å². The normalized spacial score (nSPS) is 19.1. The monoisotopic (exact) mass is 541 g/mol. The predicted octanol–water partition coefficient (Wildman–Crippen LogP) is 4.29. The molecule has 2 aliphatic heterocycles. The van der Waals surface area contributed by atoms with Gasteiger partial charge in [0.15, 0.2) is 5.69 Å². The SMILES string of the molecule is [2H]C([2H])([2H])c1c(-c2cnn(C([2H])([2H])[2H])c2)c(OC)cc2c1-c1c(c(C(=O)O)nn1-c1ccsc1)C(CCN1CCOC1=O)O2. The summed E-state index contributed by atoms with van der Waals surface area (Å²) in [6.45, 7) is -4.69. The van der Waals surface area contributed by atoms with Crippen molar-refractivity contribution in [3.05, 3.63) is 52.1 Å². The van der Waals surface area contributed by atoms with Crippen LogP contribution in [0.4, 0.5) is 4.79 Å². The van der Waals surface area contributed by atoms with Crippen molar-refractivity contribution in [2.45, 2.75) is 19.4 Å². The van der Waals surface area contributed by atoms with E-state index in [4.69, 9.17) is 22.4 Å². The molecule has 0 bridgehead atoms. The van der Waals surface area contributed by atoms with Gasteiger partial charge in [-0.2, -0.15) is 21.5 Å². The van der Waals surface area contributed by atoms with Crippen molar-refractivity contribution in [3.8, 4) is 39.6 Å². The van der Waals surface area contributed by atoms with Gasteiger partial charge in [0.1, 0.15) is 24.2 Å². The number of amides is 1. The lowest BCUT2D eigenvalue weighted by atomic mass is 9.88. The number of fused-ring (bicyclic) bond motifs is 3. The zero-order chi connectivity index (χ0) is 31.6. The van der Waals surface area contributed by atoms with Gasteiger partial charge >= 0.3 is 12.1 Å². The Kier molecular flexibility index (Phi) is 4.37. The Labute approximate surface area is 230 Å². The number of hydrogen-bond donors (Lipinski definition) is 1. The second-order valence-corrected chi connectivity index (χ2v) is 9.46. The number of cyclic esters (lactones) is 1. The number of rotatable bonds is 7. The molecule has 1 fully saturated rings. The number of benzene rings is 1. The van der Waals surface area contributed by atoms with E-state index < -0.39 is 32.0 Å². The highest BCUT2D eigenvalue weighted by Gasteiger charge is 2.39. The molecule has 0 radical (unpaired) electrons. The van der Waals surface area contributed by atoms with Crippen LogP contribution in [0.2, 0.25) is 0 Å². The van der Waals surface area contributed by atoms with Crippen LogP contribution >= 0.6 is 11.3 Å². The lowest BCUT2D eigenvalue weighted by molar-refractivity contribution is 0.0682. The van der Waals surface area contributed by atoms with E-state index >= 15 is 0 Å². The molecule has 1 atom stereocenters. The number of carbonyl (C=O) groups is 2. The number of thiophene rings is 1. The minimum atomic E-state index is -2.84. The molecule has 6 rings (SSSR count). The molecule has 3 aromatic heterocycles. The van der Waals surface area contributed by atoms with Crippen LogP contribution in [0.3, 0.4) is 0 Å². The predicted molar refractivity (Wildman–Crippen MR) is 138 cm³/mol. The van der Waals surface area contributed by atoms with Crippen LogP contribution in [0, 0.1) is 6.85 Å². The van der Waals surface area contributed by atoms with E-state index in [0.717, 1.165) is 4.68 Å². The van der Waals surface area contributed by atoms with E-state index in [2.05, 4.69) is 10.2 Å². The maximum Gasteiger partial charge on any atom is 0.409 e. The second-order valence-electron chi connectivity index (χ2n) is 8.68. The van der Waals surface area contributed by atoms with Crippen LogP contribution in [0.25, 0.3) is 28.1 Å². The molecule has 1 unspecified atom stereocenters. The molecular formula is C26H25N5O6S. The van der Waals surface area contributed by atoms with Gasteiger partial charge in [-0.1, -0.05) is 0 Å². The van der Waals surface area contributed by atoms with Crippen LogP contribution in [0.5, 0.6) is 11.5 Å². The Bertz CT molecular complexity index is 1760. The molecule has 196 valence electrons. The van der Waals surface area contributed by atoms with Crippen molar-refractivity contribution in [1.29, 1.82) is 0 Å². The van der Waals surface area contributed by atoms with Crippen molar-refractivity contribution >= 4 is 23.4 Å². The summed E-state index contributed by atoms with van der Waals surface area (Å²) in [6, 6.07) is 3.20. The van der Waals surface area contributed by atoms with E-state index in [1.807, 2.05) is 0 Å². The molecule has 1 amide bonds. The molecule has 4 aromatic rings. The van der Waals surface area contributed by atoms with Crippen molar-refractivity contribution in [2.75, 3.05) is 26.8 Å². The van der Waals surface area contributed by atoms with Crippen LogP contribution in [-0.4, -0.2) is 68.4 Å². The number of carbonyl (C=O) groups excluding carboxylic acids is 1. The summed E-state index contributed by atoms with van der Waals surface area (Å²) in [5.74, 6) is -1.18. The summed E-state index contributed by atoms with van der Waals surface area (Å²) >= 11 is 1.34. The smallest absolute Gasteiger partial charge is 0.409 e. The van der Waals surface area contributed by atoms with Gasteiger partial charge in [-0.3, -0.25) is 4.68 Å². The Morgan fingerprint density at radius 3 is 2.95 bits per heavy atom. The molecule has 0 saturated carbocycles. The van der Waals surface area contributed by atoms with Crippen LogP contribution in [-0.2, 0) is 11.7 Å². The topological polar surface area (TPSA) is 121 Å². The van der Waals surface area contributed by atoms with E-state index in [9.17, 15) is 14.7 Å². The van der Waals surface area contributed by atoms with Crippen LogP contribution < -0.4 is 9.47 Å². The number of hydrogen-bond acceptors (Lipinski definition) is 8. The van der Waals surface area contributed by atoms with Crippen LogP contribution in [0.1, 0.15) is 42.4 Å². The highest BCUT2D eigenvalue weighted by atomic mass is 32.1. The molecule has 12 heteroatoms. The first-order valence-electron chi connectivity index (χ1n) is 14.6. The first kappa shape index (κ1) is 18.0. The second kappa shape index (κ2) is 9.21. The standard InChI is InChI=1S/C26H25N5O6S/c1-14-20(15-11-27-29(2)12-15)18(35-3)10-19-21(14)24-22(17(37-19)4-6-30-7-8-36-26(30)34)23(25(32)33)28-31(24)16-5-9-38-13-16/h5,9-13,17H,4,6-8H2,1-3H3,(H,32,33)/i1D3,2D3. The summed E-state index contributed by atoms with van der Waals surface area (Å²) < 4.78 is 68.2. The lowest BCUT2D eigenvalue weighted by Crippen LogP contribution is -2.28. The number of carboxylic acids is 1. The first-order chi connectivity index (χ1) is 20.8. The van der Waals surface area contributed by atoms with Gasteiger partial charge in [0, 0.05) is 62.5 Å². The lowest BCUT2D eigenvalue weighted by Gasteiger charge is -2.30. The average Bonchev–Trinajstić information content (AvgIpc) is 3.75. The van der Waals surface area contributed by atoms with Crippen molar-refractivity contribution in [3.63, 3.8) is 0 Å². The number of aromatic carboxylic acids is 1.